The first-order valence-electron chi connectivity index (χ1n) is 9.50. The molecule has 4 rings (SSSR count). The van der Waals surface area contributed by atoms with Crippen LogP contribution >= 0.6 is 24.8 Å². The monoisotopic (exact) mass is 438 g/mol. The molecule has 1 aliphatic rings. The number of halogens is 2. The molecule has 9 heteroatoms. The summed E-state index contributed by atoms with van der Waals surface area (Å²) in [7, 11) is 1.74. The number of aromatic amines is 1. The van der Waals surface area contributed by atoms with Gasteiger partial charge in [-0.3, -0.25) is 0 Å². The van der Waals surface area contributed by atoms with E-state index >= 15 is 0 Å². The van der Waals surface area contributed by atoms with Gasteiger partial charge in [-0.1, -0.05) is 30.3 Å². The zero-order valence-corrected chi connectivity index (χ0v) is 18.0. The van der Waals surface area contributed by atoms with E-state index in [-0.39, 0.29) is 37.0 Å². The molecule has 158 valence electrons. The van der Waals surface area contributed by atoms with Crippen LogP contribution in [0.15, 0.2) is 42.9 Å². The normalized spacial score (nSPS) is 21.2. The molecule has 0 saturated heterocycles. The summed E-state index contributed by atoms with van der Waals surface area (Å²) in [4.78, 5) is 12.2. The number of methoxy groups -OCH3 is 1. The fourth-order valence-corrected chi connectivity index (χ4v) is 3.88. The molecular weight excluding hydrogens is 411 g/mol. The van der Waals surface area contributed by atoms with Crippen LogP contribution in [-0.4, -0.2) is 44.0 Å². The topological polar surface area (TPSA) is 94.6 Å². The van der Waals surface area contributed by atoms with E-state index in [2.05, 4.69) is 9.97 Å². The lowest BCUT2D eigenvalue weighted by Crippen LogP contribution is -2.41. The molecule has 1 aromatic carbocycles. The molecule has 0 unspecified atom stereocenters. The number of imidazole rings is 1. The summed E-state index contributed by atoms with van der Waals surface area (Å²) in [5.74, 6) is 2.11. The van der Waals surface area contributed by atoms with Crippen molar-refractivity contribution in [1.29, 1.82) is 0 Å². The largest absolute Gasteiger partial charge is 0.380 e. The number of aryl methyl sites for hydroxylation is 2. The first-order chi connectivity index (χ1) is 13.2. The number of hydrogen-bond donors (Lipinski definition) is 2. The minimum atomic E-state index is 0. The quantitative estimate of drug-likeness (QED) is 0.614. The van der Waals surface area contributed by atoms with Crippen LogP contribution in [0.25, 0.3) is 11.4 Å². The van der Waals surface area contributed by atoms with Crippen LogP contribution in [0.1, 0.15) is 36.7 Å². The summed E-state index contributed by atoms with van der Waals surface area (Å²) in [5.41, 5.74) is 8.47. The molecule has 1 fully saturated rings. The number of aromatic nitrogens is 5. The summed E-state index contributed by atoms with van der Waals surface area (Å²) in [5, 5.41) is 4.82. The molecule has 3 atom stereocenters. The standard InChI is InChI=1S/C20H26N6O.2ClH/c1-27-18-8-7-15(11-17(18)21)20-24-19(14-5-3-2-4-6-14)25-26(20)10-9-16-12-22-13-23-16;;/h2-6,12-13,15,17-18H,7-11,21H2,1H3,(H,22,23);2*1H/t15-,17+,18+;;/m0../s1. The Bertz CT molecular complexity index is 855. The molecule has 1 saturated carbocycles. The maximum atomic E-state index is 6.34. The van der Waals surface area contributed by atoms with Crippen molar-refractivity contribution in [2.24, 2.45) is 5.73 Å². The number of rotatable bonds is 6. The Labute approximate surface area is 183 Å². The zero-order chi connectivity index (χ0) is 18.6. The Balaban J connectivity index is 0.00000150. The van der Waals surface area contributed by atoms with Gasteiger partial charge < -0.3 is 15.5 Å². The van der Waals surface area contributed by atoms with Crippen LogP contribution in [-0.2, 0) is 17.7 Å². The second-order valence-corrected chi connectivity index (χ2v) is 7.16. The zero-order valence-electron chi connectivity index (χ0n) is 16.4. The van der Waals surface area contributed by atoms with Crippen molar-refractivity contribution in [2.45, 2.75) is 50.3 Å². The maximum absolute atomic E-state index is 6.34. The van der Waals surface area contributed by atoms with Gasteiger partial charge in [0, 0.05) is 49.5 Å². The molecule has 7 nitrogen and oxygen atoms in total. The summed E-state index contributed by atoms with van der Waals surface area (Å²) in [6.45, 7) is 0.761. The number of hydrogen-bond acceptors (Lipinski definition) is 5. The Morgan fingerprint density at radius 3 is 2.66 bits per heavy atom. The molecule has 0 spiro atoms. The molecular formula is C20H28Cl2N6O. The summed E-state index contributed by atoms with van der Waals surface area (Å²) >= 11 is 0. The van der Waals surface area contributed by atoms with Crippen LogP contribution in [0, 0.1) is 0 Å². The average molecular weight is 439 g/mol. The highest BCUT2D eigenvalue weighted by Crippen LogP contribution is 2.33. The minimum absolute atomic E-state index is 0. The SMILES string of the molecule is CO[C@@H]1CC[C@H](c2nc(-c3ccccc3)nn2CCc2cnc[nH]2)C[C@H]1N.Cl.Cl. The predicted octanol–water partition coefficient (Wildman–Crippen LogP) is 3.36. The molecule has 0 amide bonds. The van der Waals surface area contributed by atoms with Gasteiger partial charge in [0.15, 0.2) is 5.82 Å². The second kappa shape index (κ2) is 10.7. The van der Waals surface area contributed by atoms with Gasteiger partial charge in [-0.2, -0.15) is 5.10 Å². The lowest BCUT2D eigenvalue weighted by molar-refractivity contribution is 0.0480. The smallest absolute Gasteiger partial charge is 0.181 e. The highest BCUT2D eigenvalue weighted by molar-refractivity contribution is 5.85. The van der Waals surface area contributed by atoms with Gasteiger partial charge in [-0.15, -0.1) is 24.8 Å². The third-order valence-corrected chi connectivity index (χ3v) is 5.38. The van der Waals surface area contributed by atoms with Gasteiger partial charge in [-0.25, -0.2) is 14.6 Å². The van der Waals surface area contributed by atoms with E-state index in [1.165, 1.54) is 0 Å². The van der Waals surface area contributed by atoms with Gasteiger partial charge in [-0.05, 0) is 19.3 Å². The molecule has 2 heterocycles. The number of nitrogens with zero attached hydrogens (tertiary/aromatic N) is 4. The van der Waals surface area contributed by atoms with Crippen LogP contribution in [0.4, 0.5) is 0 Å². The minimum Gasteiger partial charge on any atom is -0.380 e. The number of nitrogens with two attached hydrogens (primary N) is 1. The van der Waals surface area contributed by atoms with Crippen molar-refractivity contribution in [1.82, 2.24) is 24.7 Å². The van der Waals surface area contributed by atoms with E-state index < -0.39 is 0 Å². The van der Waals surface area contributed by atoms with E-state index in [4.69, 9.17) is 20.6 Å². The van der Waals surface area contributed by atoms with Gasteiger partial charge in [0.25, 0.3) is 0 Å². The Kier molecular flexibility index (Phi) is 8.64. The summed E-state index contributed by atoms with van der Waals surface area (Å²) in [6.07, 6.45) is 7.38. The van der Waals surface area contributed by atoms with Crippen molar-refractivity contribution < 1.29 is 4.74 Å². The molecule has 2 aromatic heterocycles. The lowest BCUT2D eigenvalue weighted by atomic mass is 9.83. The van der Waals surface area contributed by atoms with E-state index in [0.29, 0.717) is 5.92 Å². The maximum Gasteiger partial charge on any atom is 0.181 e. The van der Waals surface area contributed by atoms with Gasteiger partial charge in [0.05, 0.1) is 12.4 Å². The number of nitrogens with one attached hydrogen (secondary N) is 1. The van der Waals surface area contributed by atoms with Crippen molar-refractivity contribution in [3.05, 3.63) is 54.4 Å². The van der Waals surface area contributed by atoms with Crippen molar-refractivity contribution >= 4 is 24.8 Å². The fraction of sp³-hybridized carbons (Fsp3) is 0.450. The first kappa shape index (κ1) is 23.3. The van der Waals surface area contributed by atoms with Crippen molar-refractivity contribution in [2.75, 3.05) is 7.11 Å². The molecule has 0 aliphatic heterocycles. The van der Waals surface area contributed by atoms with E-state index in [0.717, 1.165) is 55.1 Å². The van der Waals surface area contributed by atoms with Crippen LogP contribution in [0.5, 0.6) is 0 Å². The van der Waals surface area contributed by atoms with Gasteiger partial charge >= 0.3 is 0 Å². The Morgan fingerprint density at radius 1 is 1.21 bits per heavy atom. The highest BCUT2D eigenvalue weighted by Gasteiger charge is 2.32. The third kappa shape index (κ3) is 5.36. The molecule has 1 aliphatic carbocycles. The van der Waals surface area contributed by atoms with Gasteiger partial charge in [0.2, 0.25) is 0 Å². The number of benzene rings is 1. The third-order valence-electron chi connectivity index (χ3n) is 5.38. The average Bonchev–Trinajstić information content (AvgIpc) is 3.37. The first-order valence-corrected chi connectivity index (χ1v) is 9.50. The molecule has 0 radical (unpaired) electrons. The van der Waals surface area contributed by atoms with Crippen LogP contribution < -0.4 is 5.73 Å². The Morgan fingerprint density at radius 2 is 2.00 bits per heavy atom. The summed E-state index contributed by atoms with van der Waals surface area (Å²) in [6, 6.07) is 10.2. The second-order valence-electron chi connectivity index (χ2n) is 7.16. The van der Waals surface area contributed by atoms with E-state index in [1.54, 1.807) is 13.4 Å². The molecule has 0 bridgehead atoms. The fourth-order valence-electron chi connectivity index (χ4n) is 3.88. The van der Waals surface area contributed by atoms with Crippen molar-refractivity contribution in [3.8, 4) is 11.4 Å². The summed E-state index contributed by atoms with van der Waals surface area (Å²) < 4.78 is 7.56. The molecule has 29 heavy (non-hydrogen) atoms. The molecule has 3 aromatic rings. The van der Waals surface area contributed by atoms with Crippen LogP contribution in [0.3, 0.4) is 0 Å². The van der Waals surface area contributed by atoms with Crippen molar-refractivity contribution in [3.63, 3.8) is 0 Å². The number of ether oxygens (including phenoxy) is 1. The van der Waals surface area contributed by atoms with Crippen LogP contribution in [0.2, 0.25) is 0 Å². The molecule has 3 N–H and O–H groups in total. The van der Waals surface area contributed by atoms with E-state index in [1.807, 2.05) is 41.2 Å². The highest BCUT2D eigenvalue weighted by atomic mass is 35.5. The van der Waals surface area contributed by atoms with E-state index in [9.17, 15) is 0 Å². The predicted molar refractivity (Wildman–Crippen MR) is 118 cm³/mol. The Hall–Kier alpha value is -1.93. The number of H-pyrrole nitrogens is 1. The van der Waals surface area contributed by atoms with Gasteiger partial charge in [0.1, 0.15) is 5.82 Å². The lowest BCUT2D eigenvalue weighted by Gasteiger charge is -2.32.